The van der Waals surface area contributed by atoms with E-state index in [9.17, 15) is 0 Å². The van der Waals surface area contributed by atoms with E-state index in [2.05, 4.69) is 48.9 Å². The van der Waals surface area contributed by atoms with Crippen LogP contribution in [-0.2, 0) is 0 Å². The summed E-state index contributed by atoms with van der Waals surface area (Å²) in [5, 5.41) is 0. The van der Waals surface area contributed by atoms with E-state index in [1.165, 1.54) is 38.0 Å². The quantitative estimate of drug-likeness (QED) is 0.828. The monoisotopic (exact) mass is 270 g/mol. The van der Waals surface area contributed by atoms with Gasteiger partial charge in [-0.2, -0.15) is 0 Å². The standard InChI is InChI=1S/C18H26N2/c1-12(2)17-7-6-14(9-18(17)13-4-5-13)20-11-15-8-16(20)10-19(15)3/h6-7,9,12-13,15-16H,4-5,8,10-11H2,1-3H3/t15-,16-/m0/s1. The van der Waals surface area contributed by atoms with Gasteiger partial charge in [-0.25, -0.2) is 0 Å². The molecule has 0 aromatic heterocycles. The van der Waals surface area contributed by atoms with E-state index >= 15 is 0 Å². The van der Waals surface area contributed by atoms with Gasteiger partial charge >= 0.3 is 0 Å². The highest BCUT2D eigenvalue weighted by Crippen LogP contribution is 2.45. The van der Waals surface area contributed by atoms with Crippen LogP contribution in [-0.4, -0.2) is 37.1 Å². The fourth-order valence-corrected chi connectivity index (χ4v) is 4.20. The Morgan fingerprint density at radius 1 is 1.10 bits per heavy atom. The summed E-state index contributed by atoms with van der Waals surface area (Å²) in [5.41, 5.74) is 4.71. The number of benzene rings is 1. The normalized spacial score (nSPS) is 29.7. The summed E-state index contributed by atoms with van der Waals surface area (Å²) < 4.78 is 0. The largest absolute Gasteiger partial charge is 0.366 e. The molecule has 2 heterocycles. The number of rotatable bonds is 3. The maximum Gasteiger partial charge on any atom is 0.0433 e. The van der Waals surface area contributed by atoms with Gasteiger partial charge in [-0.05, 0) is 61.4 Å². The van der Waals surface area contributed by atoms with Crippen molar-refractivity contribution >= 4 is 5.69 Å². The fourth-order valence-electron chi connectivity index (χ4n) is 4.20. The number of fused-ring (bicyclic) bond motifs is 2. The van der Waals surface area contributed by atoms with Crippen LogP contribution in [0.3, 0.4) is 0 Å². The second-order valence-electron chi connectivity index (χ2n) is 7.38. The third-order valence-electron chi connectivity index (χ3n) is 5.56. The number of likely N-dealkylation sites (N-methyl/N-ethyl adjacent to an activating group) is 1. The minimum Gasteiger partial charge on any atom is -0.366 e. The SMILES string of the molecule is CC(C)c1ccc(N2C[C@@H]3C[C@H]2CN3C)cc1C1CC1. The Morgan fingerprint density at radius 3 is 2.45 bits per heavy atom. The van der Waals surface area contributed by atoms with Crippen molar-refractivity contribution < 1.29 is 0 Å². The highest BCUT2D eigenvalue weighted by atomic mass is 15.3. The first-order chi connectivity index (χ1) is 9.63. The third-order valence-corrected chi connectivity index (χ3v) is 5.56. The van der Waals surface area contributed by atoms with E-state index in [0.717, 1.165) is 18.0 Å². The number of hydrogen-bond acceptors (Lipinski definition) is 2. The Balaban J connectivity index is 1.65. The fraction of sp³-hybridized carbons (Fsp3) is 0.667. The van der Waals surface area contributed by atoms with Gasteiger partial charge in [0.05, 0.1) is 0 Å². The first kappa shape index (κ1) is 12.7. The Labute approximate surface area is 122 Å². The van der Waals surface area contributed by atoms with Gasteiger partial charge in [0.2, 0.25) is 0 Å². The van der Waals surface area contributed by atoms with Gasteiger partial charge in [0.25, 0.3) is 0 Å². The van der Waals surface area contributed by atoms with E-state index in [4.69, 9.17) is 0 Å². The number of hydrogen-bond donors (Lipinski definition) is 0. The summed E-state index contributed by atoms with van der Waals surface area (Å²) in [7, 11) is 2.28. The molecular weight excluding hydrogens is 244 g/mol. The van der Waals surface area contributed by atoms with E-state index in [0.29, 0.717) is 5.92 Å². The van der Waals surface area contributed by atoms with Crippen LogP contribution in [0.2, 0.25) is 0 Å². The molecule has 2 atom stereocenters. The van der Waals surface area contributed by atoms with Gasteiger partial charge in [0.1, 0.15) is 0 Å². The number of anilines is 1. The van der Waals surface area contributed by atoms with E-state index < -0.39 is 0 Å². The summed E-state index contributed by atoms with van der Waals surface area (Å²) in [5.74, 6) is 1.51. The lowest BCUT2D eigenvalue weighted by molar-refractivity contribution is 0.292. The van der Waals surface area contributed by atoms with E-state index in [1.54, 1.807) is 11.1 Å². The van der Waals surface area contributed by atoms with Crippen LogP contribution in [0.15, 0.2) is 18.2 Å². The Bertz CT molecular complexity index is 516. The maximum absolute atomic E-state index is 2.67. The van der Waals surface area contributed by atoms with E-state index in [-0.39, 0.29) is 0 Å². The van der Waals surface area contributed by atoms with Crippen molar-refractivity contribution in [2.75, 3.05) is 25.0 Å². The van der Waals surface area contributed by atoms with Crippen LogP contribution in [0.4, 0.5) is 5.69 Å². The van der Waals surface area contributed by atoms with Crippen LogP contribution in [0.25, 0.3) is 0 Å². The molecule has 2 saturated heterocycles. The molecule has 2 nitrogen and oxygen atoms in total. The minimum atomic E-state index is 0.654. The molecular formula is C18H26N2. The topological polar surface area (TPSA) is 6.48 Å². The first-order valence-corrected chi connectivity index (χ1v) is 8.24. The van der Waals surface area contributed by atoms with Crippen molar-refractivity contribution in [3.8, 4) is 0 Å². The van der Waals surface area contributed by atoms with Crippen LogP contribution in [0.1, 0.15) is 56.1 Å². The van der Waals surface area contributed by atoms with Crippen molar-refractivity contribution in [2.24, 2.45) is 0 Å². The summed E-state index contributed by atoms with van der Waals surface area (Å²) in [4.78, 5) is 5.20. The summed E-state index contributed by atoms with van der Waals surface area (Å²) in [6.07, 6.45) is 4.16. The van der Waals surface area contributed by atoms with Gasteiger partial charge in [0, 0.05) is 30.9 Å². The molecule has 4 rings (SSSR count). The smallest absolute Gasteiger partial charge is 0.0433 e. The molecule has 1 aromatic carbocycles. The second kappa shape index (κ2) is 4.49. The number of piperazine rings is 1. The number of nitrogens with zero attached hydrogens (tertiary/aromatic N) is 2. The molecule has 3 aliphatic rings. The summed E-state index contributed by atoms with van der Waals surface area (Å²) >= 11 is 0. The molecule has 0 unspecified atom stereocenters. The lowest BCUT2D eigenvalue weighted by atomic mass is 9.93. The van der Waals surface area contributed by atoms with Gasteiger partial charge in [-0.15, -0.1) is 0 Å². The zero-order valence-electron chi connectivity index (χ0n) is 13.0. The molecule has 1 aromatic rings. The molecule has 2 bridgehead atoms. The maximum atomic E-state index is 2.67. The highest BCUT2D eigenvalue weighted by molar-refractivity contribution is 5.55. The van der Waals surface area contributed by atoms with Gasteiger partial charge in [0.15, 0.2) is 0 Å². The second-order valence-corrected chi connectivity index (χ2v) is 7.38. The van der Waals surface area contributed by atoms with Crippen molar-refractivity contribution in [3.63, 3.8) is 0 Å². The Morgan fingerprint density at radius 2 is 1.90 bits per heavy atom. The van der Waals surface area contributed by atoms with Gasteiger partial charge in [-0.3, -0.25) is 4.90 Å². The molecule has 0 spiro atoms. The predicted molar refractivity (Wildman–Crippen MR) is 84.7 cm³/mol. The molecule has 1 aliphatic carbocycles. The zero-order valence-corrected chi connectivity index (χ0v) is 13.0. The lowest BCUT2D eigenvalue weighted by Crippen LogP contribution is -2.44. The van der Waals surface area contributed by atoms with Crippen LogP contribution < -0.4 is 4.90 Å². The molecule has 0 N–H and O–H groups in total. The van der Waals surface area contributed by atoms with Crippen LogP contribution in [0, 0.1) is 0 Å². The molecule has 0 amide bonds. The molecule has 20 heavy (non-hydrogen) atoms. The van der Waals surface area contributed by atoms with Gasteiger partial charge in [-0.1, -0.05) is 19.9 Å². The van der Waals surface area contributed by atoms with Gasteiger partial charge < -0.3 is 4.90 Å². The average Bonchev–Trinajstić information content (AvgIpc) is 3.11. The summed E-state index contributed by atoms with van der Waals surface area (Å²) in [6, 6.07) is 8.84. The third kappa shape index (κ3) is 1.96. The molecule has 2 heteroatoms. The molecule has 1 saturated carbocycles. The lowest BCUT2D eigenvalue weighted by Gasteiger charge is -2.34. The molecule has 3 fully saturated rings. The average molecular weight is 270 g/mol. The van der Waals surface area contributed by atoms with Crippen molar-refractivity contribution in [1.82, 2.24) is 4.90 Å². The zero-order chi connectivity index (χ0) is 13.9. The first-order valence-electron chi connectivity index (χ1n) is 8.24. The van der Waals surface area contributed by atoms with Crippen LogP contribution in [0.5, 0.6) is 0 Å². The van der Waals surface area contributed by atoms with Crippen molar-refractivity contribution in [3.05, 3.63) is 29.3 Å². The van der Waals surface area contributed by atoms with Crippen molar-refractivity contribution in [2.45, 2.75) is 57.0 Å². The molecule has 108 valence electrons. The molecule has 2 aliphatic heterocycles. The highest BCUT2D eigenvalue weighted by Gasteiger charge is 2.41. The predicted octanol–water partition coefficient (Wildman–Crippen LogP) is 3.58. The van der Waals surface area contributed by atoms with Crippen LogP contribution >= 0.6 is 0 Å². The summed E-state index contributed by atoms with van der Waals surface area (Å²) in [6.45, 7) is 7.13. The minimum absolute atomic E-state index is 0.654. The Kier molecular flexibility index (Phi) is 2.85. The Hall–Kier alpha value is -1.02. The number of likely N-dealkylation sites (tertiary alicyclic amines) is 1. The van der Waals surface area contributed by atoms with Crippen molar-refractivity contribution in [1.29, 1.82) is 0 Å². The molecule has 0 radical (unpaired) electrons. The van der Waals surface area contributed by atoms with E-state index in [1.807, 2.05) is 0 Å².